The van der Waals surface area contributed by atoms with E-state index in [9.17, 15) is 4.79 Å². The van der Waals surface area contributed by atoms with Crippen molar-refractivity contribution in [1.82, 2.24) is 4.98 Å². The van der Waals surface area contributed by atoms with Crippen molar-refractivity contribution in [2.45, 2.75) is 12.5 Å². The van der Waals surface area contributed by atoms with Crippen LogP contribution in [0.1, 0.15) is 23.7 Å². The highest BCUT2D eigenvalue weighted by Gasteiger charge is 2.49. The summed E-state index contributed by atoms with van der Waals surface area (Å²) in [5.74, 6) is -0.433. The second-order valence-corrected chi connectivity index (χ2v) is 6.16. The molecule has 0 unspecified atom stereocenters. The summed E-state index contributed by atoms with van der Waals surface area (Å²) < 4.78 is 6.10. The van der Waals surface area contributed by atoms with Crippen LogP contribution in [0.3, 0.4) is 0 Å². The third-order valence-electron chi connectivity index (χ3n) is 4.52. The zero-order chi connectivity index (χ0) is 17.4. The lowest BCUT2D eigenvalue weighted by molar-refractivity contribution is -0.148. The number of benzene rings is 2. The monoisotopic (exact) mass is 327 g/mol. The van der Waals surface area contributed by atoms with Crippen LogP contribution in [0.4, 0.5) is 0 Å². The molecule has 0 radical (unpaired) electrons. The predicted molar refractivity (Wildman–Crippen MR) is 96.9 cm³/mol. The van der Waals surface area contributed by atoms with E-state index < -0.39 is 11.6 Å². The molecule has 0 fully saturated rings. The Bertz CT molecular complexity index is 931. The molecule has 0 saturated carbocycles. The van der Waals surface area contributed by atoms with Crippen LogP contribution in [-0.4, -0.2) is 11.0 Å². The van der Waals surface area contributed by atoms with Gasteiger partial charge in [-0.05, 0) is 30.2 Å². The van der Waals surface area contributed by atoms with Gasteiger partial charge in [0, 0.05) is 22.9 Å². The summed E-state index contributed by atoms with van der Waals surface area (Å²) in [5.41, 5.74) is 3.93. The van der Waals surface area contributed by atoms with E-state index in [1.54, 1.807) is 13.1 Å². The van der Waals surface area contributed by atoms with Crippen molar-refractivity contribution in [3.05, 3.63) is 102 Å². The largest absolute Gasteiger partial charge is 0.439 e. The van der Waals surface area contributed by atoms with E-state index in [4.69, 9.17) is 4.74 Å². The molecule has 3 aromatic rings. The lowest BCUT2D eigenvalue weighted by atomic mass is 9.87. The molecule has 2 aromatic carbocycles. The molecule has 4 rings (SSSR count). The van der Waals surface area contributed by atoms with Gasteiger partial charge in [0.05, 0.1) is 5.69 Å². The molecule has 0 N–H and O–H groups in total. The molecule has 0 amide bonds. The molecule has 1 aliphatic carbocycles. The van der Waals surface area contributed by atoms with E-state index in [1.165, 1.54) is 0 Å². The molecule has 122 valence electrons. The van der Waals surface area contributed by atoms with Gasteiger partial charge in [-0.1, -0.05) is 61.2 Å². The Kier molecular flexibility index (Phi) is 3.50. The first-order valence-electron chi connectivity index (χ1n) is 8.14. The minimum absolute atomic E-state index is 0.358. The molecule has 0 saturated heterocycles. The standard InChI is InChI=1S/C22H17NO2/c1-15(2)21(24)25-22(20-13-7-8-14-23-20)18-11-5-3-9-16(18)17-10-4-6-12-19(17)22/h3-14H,1H2,2H3. The van der Waals surface area contributed by atoms with Crippen molar-refractivity contribution >= 4 is 5.97 Å². The summed E-state index contributed by atoms with van der Waals surface area (Å²) in [6, 6.07) is 21.6. The molecule has 3 nitrogen and oxygen atoms in total. The Labute approximate surface area is 146 Å². The van der Waals surface area contributed by atoms with Gasteiger partial charge in [0.25, 0.3) is 0 Å². The van der Waals surface area contributed by atoms with Gasteiger partial charge in [-0.2, -0.15) is 0 Å². The first-order valence-corrected chi connectivity index (χ1v) is 8.14. The molecule has 0 aliphatic heterocycles. The molecule has 1 heterocycles. The Morgan fingerprint density at radius 3 is 2.00 bits per heavy atom. The van der Waals surface area contributed by atoms with Crippen molar-refractivity contribution in [1.29, 1.82) is 0 Å². The summed E-state index contributed by atoms with van der Waals surface area (Å²) in [7, 11) is 0. The molecular formula is C22H17NO2. The number of aromatic nitrogens is 1. The maximum atomic E-state index is 12.5. The molecule has 0 bridgehead atoms. The van der Waals surface area contributed by atoms with Gasteiger partial charge in [0.2, 0.25) is 5.60 Å². The molecule has 3 heteroatoms. The zero-order valence-electron chi connectivity index (χ0n) is 13.9. The van der Waals surface area contributed by atoms with Crippen LogP contribution in [0, 0.1) is 0 Å². The fourth-order valence-corrected chi connectivity index (χ4v) is 3.43. The molecular weight excluding hydrogens is 310 g/mol. The van der Waals surface area contributed by atoms with Gasteiger partial charge < -0.3 is 4.74 Å². The fraction of sp³-hybridized carbons (Fsp3) is 0.0909. The molecule has 1 aromatic heterocycles. The summed E-state index contributed by atoms with van der Waals surface area (Å²) in [5, 5.41) is 0. The number of nitrogens with zero attached hydrogens (tertiary/aromatic N) is 1. The van der Waals surface area contributed by atoms with Crippen molar-refractivity contribution in [3.8, 4) is 11.1 Å². The summed E-state index contributed by atoms with van der Waals surface area (Å²) in [4.78, 5) is 17.1. The summed E-state index contributed by atoms with van der Waals surface area (Å²) in [6.07, 6.45) is 1.72. The van der Waals surface area contributed by atoms with Gasteiger partial charge in [-0.25, -0.2) is 4.79 Å². The van der Waals surface area contributed by atoms with Gasteiger partial charge in [0.1, 0.15) is 0 Å². The van der Waals surface area contributed by atoms with E-state index in [0.717, 1.165) is 22.3 Å². The van der Waals surface area contributed by atoms with Crippen LogP contribution in [0.5, 0.6) is 0 Å². The van der Waals surface area contributed by atoms with Crippen LogP contribution in [0.2, 0.25) is 0 Å². The van der Waals surface area contributed by atoms with Crippen LogP contribution < -0.4 is 0 Å². The normalized spacial score (nSPS) is 13.6. The van der Waals surface area contributed by atoms with E-state index in [0.29, 0.717) is 11.3 Å². The SMILES string of the molecule is C=C(C)C(=O)OC1(c2ccccn2)c2ccccc2-c2ccccc21. The highest BCUT2D eigenvalue weighted by Crippen LogP contribution is 2.52. The Hall–Kier alpha value is -3.20. The van der Waals surface area contributed by atoms with Gasteiger partial charge >= 0.3 is 5.97 Å². The Balaban J connectivity index is 2.07. The number of pyridine rings is 1. The number of carbonyl (C=O) groups is 1. The third-order valence-corrected chi connectivity index (χ3v) is 4.52. The highest BCUT2D eigenvalue weighted by atomic mass is 16.6. The van der Waals surface area contributed by atoms with Crippen molar-refractivity contribution < 1.29 is 9.53 Å². The second kappa shape index (κ2) is 5.71. The van der Waals surface area contributed by atoms with Crippen LogP contribution in [-0.2, 0) is 15.1 Å². The Morgan fingerprint density at radius 1 is 0.920 bits per heavy atom. The van der Waals surface area contributed by atoms with Crippen molar-refractivity contribution in [3.63, 3.8) is 0 Å². The molecule has 1 aliphatic rings. The number of fused-ring (bicyclic) bond motifs is 3. The number of rotatable bonds is 3. The number of hydrogen-bond acceptors (Lipinski definition) is 3. The smallest absolute Gasteiger partial charge is 0.334 e. The second-order valence-electron chi connectivity index (χ2n) is 6.16. The average Bonchev–Trinajstić information content (AvgIpc) is 2.94. The van der Waals surface area contributed by atoms with Crippen molar-refractivity contribution in [2.75, 3.05) is 0 Å². The third kappa shape index (κ3) is 2.20. The molecule has 0 atom stereocenters. The number of hydrogen-bond donors (Lipinski definition) is 0. The molecule has 0 spiro atoms. The van der Waals surface area contributed by atoms with Gasteiger partial charge in [0.15, 0.2) is 0 Å². The summed E-state index contributed by atoms with van der Waals surface area (Å²) >= 11 is 0. The summed E-state index contributed by atoms with van der Waals surface area (Å²) in [6.45, 7) is 5.39. The van der Waals surface area contributed by atoms with E-state index in [1.807, 2.05) is 66.7 Å². The van der Waals surface area contributed by atoms with Gasteiger partial charge in [-0.3, -0.25) is 4.98 Å². The number of esters is 1. The number of ether oxygens (including phenoxy) is 1. The average molecular weight is 327 g/mol. The quantitative estimate of drug-likeness (QED) is 0.526. The predicted octanol–water partition coefficient (Wildman–Crippen LogP) is 4.47. The maximum absolute atomic E-state index is 12.5. The number of carbonyl (C=O) groups excluding carboxylic acids is 1. The van der Waals surface area contributed by atoms with Gasteiger partial charge in [-0.15, -0.1) is 0 Å². The van der Waals surface area contributed by atoms with Crippen LogP contribution >= 0.6 is 0 Å². The van der Waals surface area contributed by atoms with E-state index in [2.05, 4.69) is 11.6 Å². The minimum Gasteiger partial charge on any atom is -0.439 e. The lowest BCUT2D eigenvalue weighted by Gasteiger charge is -2.31. The lowest BCUT2D eigenvalue weighted by Crippen LogP contribution is -2.34. The highest BCUT2D eigenvalue weighted by molar-refractivity contribution is 5.90. The Morgan fingerprint density at radius 2 is 1.48 bits per heavy atom. The minimum atomic E-state index is -1.06. The first-order chi connectivity index (χ1) is 12.1. The maximum Gasteiger partial charge on any atom is 0.334 e. The van der Waals surface area contributed by atoms with E-state index in [-0.39, 0.29) is 0 Å². The van der Waals surface area contributed by atoms with E-state index >= 15 is 0 Å². The zero-order valence-corrected chi connectivity index (χ0v) is 13.9. The topological polar surface area (TPSA) is 39.2 Å². The fourth-order valence-electron chi connectivity index (χ4n) is 3.43. The van der Waals surface area contributed by atoms with Crippen LogP contribution in [0.15, 0.2) is 85.1 Å². The van der Waals surface area contributed by atoms with Crippen molar-refractivity contribution in [2.24, 2.45) is 0 Å². The molecule has 25 heavy (non-hydrogen) atoms. The first kappa shape index (κ1) is 15.3. The van der Waals surface area contributed by atoms with Crippen LogP contribution in [0.25, 0.3) is 11.1 Å².